The van der Waals surface area contributed by atoms with Crippen molar-refractivity contribution in [2.45, 2.75) is 0 Å². The molecule has 2 rings (SSSR count). The Bertz CT molecular complexity index is 775. The Morgan fingerprint density at radius 2 is 1.76 bits per heavy atom. The molecule has 0 aliphatic carbocycles. The van der Waals surface area contributed by atoms with E-state index >= 15 is 0 Å². The number of halogens is 1. The van der Waals surface area contributed by atoms with Gasteiger partial charge in [0.2, 0.25) is 10.0 Å². The highest BCUT2D eigenvalue weighted by Crippen LogP contribution is 2.20. The molecule has 0 saturated heterocycles. The van der Waals surface area contributed by atoms with Crippen molar-refractivity contribution in [1.29, 1.82) is 0 Å². The van der Waals surface area contributed by atoms with Gasteiger partial charge in [0.25, 0.3) is 5.91 Å². The highest BCUT2D eigenvalue weighted by Gasteiger charge is 2.06. The molecular formula is C14H15BrN2O3S. The minimum absolute atomic E-state index is 0.172. The largest absolute Gasteiger partial charge is 0.351 e. The van der Waals surface area contributed by atoms with E-state index in [9.17, 15) is 13.2 Å². The van der Waals surface area contributed by atoms with E-state index in [2.05, 4.69) is 26.0 Å². The van der Waals surface area contributed by atoms with Crippen molar-refractivity contribution in [1.82, 2.24) is 10.0 Å². The molecular weight excluding hydrogens is 356 g/mol. The van der Waals surface area contributed by atoms with Crippen molar-refractivity contribution in [3.63, 3.8) is 0 Å². The highest BCUT2D eigenvalue weighted by molar-refractivity contribution is 9.10. The summed E-state index contributed by atoms with van der Waals surface area (Å²) in [6, 6.07) is 11.3. The molecule has 0 spiro atoms. The van der Waals surface area contributed by atoms with Crippen LogP contribution in [0.5, 0.6) is 0 Å². The standard InChI is InChI=1S/C14H15BrN2O3S/c1-21(19,20)17-7-6-16-14(18)12-3-2-11-9-13(15)5-4-10(11)8-12/h2-5,8-9,17H,6-7H2,1H3,(H,16,18). The van der Waals surface area contributed by atoms with Gasteiger partial charge in [0.15, 0.2) is 0 Å². The molecule has 0 unspecified atom stereocenters. The van der Waals surface area contributed by atoms with Gasteiger partial charge in [-0.3, -0.25) is 4.79 Å². The lowest BCUT2D eigenvalue weighted by atomic mass is 10.1. The summed E-state index contributed by atoms with van der Waals surface area (Å²) in [4.78, 5) is 12.0. The van der Waals surface area contributed by atoms with E-state index in [0.29, 0.717) is 5.56 Å². The summed E-state index contributed by atoms with van der Waals surface area (Å²) in [5.41, 5.74) is 0.546. The van der Waals surface area contributed by atoms with Gasteiger partial charge in [0, 0.05) is 23.1 Å². The van der Waals surface area contributed by atoms with Crippen LogP contribution in [0.15, 0.2) is 40.9 Å². The number of sulfonamides is 1. The third-order valence-electron chi connectivity index (χ3n) is 2.84. The van der Waals surface area contributed by atoms with Gasteiger partial charge in [-0.05, 0) is 35.0 Å². The lowest BCUT2D eigenvalue weighted by Gasteiger charge is -2.07. The normalized spacial score (nSPS) is 11.5. The van der Waals surface area contributed by atoms with Crippen LogP contribution in [0.3, 0.4) is 0 Å². The first-order chi connectivity index (χ1) is 9.85. The molecule has 0 aromatic heterocycles. The Morgan fingerprint density at radius 1 is 1.10 bits per heavy atom. The van der Waals surface area contributed by atoms with Crippen LogP contribution < -0.4 is 10.0 Å². The summed E-state index contributed by atoms with van der Waals surface area (Å²) in [7, 11) is -3.23. The number of hydrogen-bond donors (Lipinski definition) is 2. The number of fused-ring (bicyclic) bond motifs is 1. The van der Waals surface area contributed by atoms with Crippen molar-refractivity contribution in [3.8, 4) is 0 Å². The van der Waals surface area contributed by atoms with Crippen LogP contribution in [0.25, 0.3) is 10.8 Å². The van der Waals surface area contributed by atoms with E-state index in [0.717, 1.165) is 21.5 Å². The predicted octanol–water partition coefficient (Wildman–Crippen LogP) is 1.88. The van der Waals surface area contributed by atoms with Crippen LogP contribution in [0.1, 0.15) is 10.4 Å². The molecule has 2 aromatic carbocycles. The van der Waals surface area contributed by atoms with Crippen molar-refractivity contribution >= 4 is 42.6 Å². The molecule has 0 aliphatic heterocycles. The quantitative estimate of drug-likeness (QED) is 0.789. The van der Waals surface area contributed by atoms with Crippen LogP contribution in [0, 0.1) is 0 Å². The second kappa shape index (κ2) is 6.55. The molecule has 1 amide bonds. The monoisotopic (exact) mass is 370 g/mol. The average molecular weight is 371 g/mol. The summed E-state index contributed by atoms with van der Waals surface area (Å²) < 4.78 is 25.1. The predicted molar refractivity (Wildman–Crippen MR) is 86.8 cm³/mol. The van der Waals surface area contributed by atoms with Gasteiger partial charge >= 0.3 is 0 Å². The van der Waals surface area contributed by atoms with Crippen molar-refractivity contribution in [3.05, 3.63) is 46.4 Å². The van der Waals surface area contributed by atoms with E-state index < -0.39 is 10.0 Å². The smallest absolute Gasteiger partial charge is 0.251 e. The fourth-order valence-electron chi connectivity index (χ4n) is 1.87. The molecule has 2 N–H and O–H groups in total. The molecule has 0 bridgehead atoms. The molecule has 0 saturated carbocycles. The zero-order chi connectivity index (χ0) is 15.5. The Morgan fingerprint density at radius 3 is 2.48 bits per heavy atom. The molecule has 0 fully saturated rings. The van der Waals surface area contributed by atoms with Crippen LogP contribution in [-0.2, 0) is 10.0 Å². The van der Waals surface area contributed by atoms with E-state index in [1.165, 1.54) is 0 Å². The summed E-state index contributed by atoms with van der Waals surface area (Å²) in [6.07, 6.45) is 1.08. The first kappa shape index (κ1) is 15.9. The van der Waals surface area contributed by atoms with Crippen LogP contribution in [0.2, 0.25) is 0 Å². The highest BCUT2D eigenvalue weighted by atomic mass is 79.9. The summed E-state index contributed by atoms with van der Waals surface area (Å²) in [5, 5.41) is 4.69. The third-order valence-corrected chi connectivity index (χ3v) is 4.06. The number of nitrogens with one attached hydrogen (secondary N) is 2. The SMILES string of the molecule is CS(=O)(=O)NCCNC(=O)c1ccc2cc(Br)ccc2c1. The van der Waals surface area contributed by atoms with E-state index in [-0.39, 0.29) is 19.0 Å². The minimum Gasteiger partial charge on any atom is -0.351 e. The fourth-order valence-corrected chi connectivity index (χ4v) is 2.72. The van der Waals surface area contributed by atoms with Crippen LogP contribution in [0.4, 0.5) is 0 Å². The van der Waals surface area contributed by atoms with Gasteiger partial charge in [0.05, 0.1) is 6.26 Å². The van der Waals surface area contributed by atoms with E-state index in [1.54, 1.807) is 12.1 Å². The van der Waals surface area contributed by atoms with Gasteiger partial charge in [0.1, 0.15) is 0 Å². The molecule has 21 heavy (non-hydrogen) atoms. The maximum atomic E-state index is 12.0. The number of hydrogen-bond acceptors (Lipinski definition) is 3. The number of carbonyl (C=O) groups is 1. The Hall–Kier alpha value is -1.44. The summed E-state index contributed by atoms with van der Waals surface area (Å²) >= 11 is 3.40. The van der Waals surface area contributed by atoms with Crippen molar-refractivity contribution in [2.24, 2.45) is 0 Å². The Balaban J connectivity index is 2.01. The van der Waals surface area contributed by atoms with Crippen molar-refractivity contribution in [2.75, 3.05) is 19.3 Å². The lowest BCUT2D eigenvalue weighted by Crippen LogP contribution is -2.34. The van der Waals surface area contributed by atoms with Gasteiger partial charge in [-0.25, -0.2) is 13.1 Å². The molecule has 0 aliphatic rings. The second-order valence-electron chi connectivity index (χ2n) is 4.63. The Labute approximate surface area is 131 Å². The molecule has 2 aromatic rings. The molecule has 0 radical (unpaired) electrons. The van der Waals surface area contributed by atoms with Crippen LogP contribution >= 0.6 is 15.9 Å². The lowest BCUT2D eigenvalue weighted by molar-refractivity contribution is 0.0954. The van der Waals surface area contributed by atoms with Gasteiger partial charge in [-0.15, -0.1) is 0 Å². The van der Waals surface area contributed by atoms with Crippen LogP contribution in [-0.4, -0.2) is 33.7 Å². The summed E-state index contributed by atoms with van der Waals surface area (Å²) in [5.74, 6) is -0.227. The average Bonchev–Trinajstić information content (AvgIpc) is 2.41. The molecule has 112 valence electrons. The maximum Gasteiger partial charge on any atom is 0.251 e. The first-order valence-corrected chi connectivity index (χ1v) is 8.96. The van der Waals surface area contributed by atoms with Gasteiger partial charge < -0.3 is 5.32 Å². The van der Waals surface area contributed by atoms with Gasteiger partial charge in [-0.1, -0.05) is 28.1 Å². The Kier molecular flexibility index (Phi) is 4.97. The van der Waals surface area contributed by atoms with E-state index in [4.69, 9.17) is 0 Å². The topological polar surface area (TPSA) is 75.3 Å². The molecule has 0 atom stereocenters. The zero-order valence-corrected chi connectivity index (χ0v) is 13.8. The number of amides is 1. The first-order valence-electron chi connectivity index (χ1n) is 6.27. The maximum absolute atomic E-state index is 12.0. The second-order valence-corrected chi connectivity index (χ2v) is 7.38. The molecule has 5 nitrogen and oxygen atoms in total. The summed E-state index contributed by atoms with van der Waals surface area (Å²) in [6.45, 7) is 0.412. The van der Waals surface area contributed by atoms with Crippen molar-refractivity contribution < 1.29 is 13.2 Å². The number of carbonyl (C=O) groups excluding carboxylic acids is 1. The number of rotatable bonds is 5. The zero-order valence-electron chi connectivity index (χ0n) is 11.4. The molecule has 7 heteroatoms. The van der Waals surface area contributed by atoms with Gasteiger partial charge in [-0.2, -0.15) is 0 Å². The third kappa shape index (κ3) is 4.80. The number of benzene rings is 2. The fraction of sp³-hybridized carbons (Fsp3) is 0.214. The molecule has 0 heterocycles. The van der Waals surface area contributed by atoms with E-state index in [1.807, 2.05) is 24.3 Å². The minimum atomic E-state index is -3.23.